The molecule has 1 aliphatic heterocycles. The molecule has 1 fully saturated rings. The number of nitrogens with zero attached hydrogens (tertiary/aromatic N) is 3. The van der Waals surface area contributed by atoms with Gasteiger partial charge in [-0.15, -0.1) is 24.8 Å². The molecule has 1 unspecified atom stereocenters. The van der Waals surface area contributed by atoms with Gasteiger partial charge in [0, 0.05) is 31.3 Å². The standard InChI is InChI=1S/C17H18ClN5O4.2ClH/c1-27-15-7-14(19)13(18)6-12(15)17(24)22-5-4-10(9-22)21-16-3-2-11(8-20-16)23(25)26;;/h2-3,6-8,10H,4-5,9,19H2,1H3,(H,20,21);2*1H. The van der Waals surface area contributed by atoms with Gasteiger partial charge in [0.1, 0.15) is 17.8 Å². The highest BCUT2D eigenvalue weighted by atomic mass is 35.5. The number of halogens is 3. The molecule has 3 N–H and O–H groups in total. The highest BCUT2D eigenvalue weighted by Gasteiger charge is 2.29. The highest BCUT2D eigenvalue weighted by Crippen LogP contribution is 2.30. The van der Waals surface area contributed by atoms with Crippen LogP contribution in [0.25, 0.3) is 0 Å². The van der Waals surface area contributed by atoms with Crippen LogP contribution in [-0.2, 0) is 0 Å². The number of benzene rings is 1. The van der Waals surface area contributed by atoms with Crippen molar-refractivity contribution in [1.29, 1.82) is 0 Å². The minimum absolute atomic E-state index is 0. The number of pyridine rings is 1. The number of likely N-dealkylation sites (tertiary alicyclic amines) is 1. The Kier molecular flexibility index (Phi) is 8.75. The molecule has 0 radical (unpaired) electrons. The summed E-state index contributed by atoms with van der Waals surface area (Å²) < 4.78 is 5.25. The maximum atomic E-state index is 12.8. The second-order valence-electron chi connectivity index (χ2n) is 6.11. The van der Waals surface area contributed by atoms with Crippen molar-refractivity contribution in [2.45, 2.75) is 12.5 Å². The number of nitrogens with two attached hydrogens (primary N) is 1. The van der Waals surface area contributed by atoms with E-state index in [2.05, 4.69) is 10.3 Å². The molecule has 0 bridgehead atoms. The fourth-order valence-electron chi connectivity index (χ4n) is 2.93. The van der Waals surface area contributed by atoms with Gasteiger partial charge in [0.05, 0.1) is 28.3 Å². The van der Waals surface area contributed by atoms with Gasteiger partial charge in [-0.2, -0.15) is 0 Å². The molecule has 29 heavy (non-hydrogen) atoms. The average Bonchev–Trinajstić information content (AvgIpc) is 3.12. The second kappa shape index (κ2) is 10.3. The van der Waals surface area contributed by atoms with Crippen LogP contribution >= 0.6 is 36.4 Å². The van der Waals surface area contributed by atoms with Crippen molar-refractivity contribution < 1.29 is 14.5 Å². The number of rotatable bonds is 5. The summed E-state index contributed by atoms with van der Waals surface area (Å²) in [5.74, 6) is 0.693. The third-order valence-electron chi connectivity index (χ3n) is 4.34. The first-order valence-corrected chi connectivity index (χ1v) is 8.56. The summed E-state index contributed by atoms with van der Waals surface area (Å²) in [7, 11) is 1.47. The Morgan fingerprint density at radius 3 is 2.72 bits per heavy atom. The molecular weight excluding hydrogens is 445 g/mol. The number of nitro groups is 1. The van der Waals surface area contributed by atoms with E-state index in [9.17, 15) is 14.9 Å². The average molecular weight is 465 g/mol. The Bertz CT molecular complexity index is 882. The van der Waals surface area contributed by atoms with Gasteiger partial charge in [-0.3, -0.25) is 14.9 Å². The number of ether oxygens (including phenoxy) is 1. The summed E-state index contributed by atoms with van der Waals surface area (Å²) in [5.41, 5.74) is 6.38. The Balaban J connectivity index is 0.00000210. The first-order valence-electron chi connectivity index (χ1n) is 8.18. The Hall–Kier alpha value is -2.49. The van der Waals surface area contributed by atoms with Gasteiger partial charge in [0.25, 0.3) is 11.6 Å². The molecule has 0 saturated carbocycles. The number of carbonyl (C=O) groups is 1. The van der Waals surface area contributed by atoms with Gasteiger partial charge >= 0.3 is 0 Å². The zero-order chi connectivity index (χ0) is 19.6. The van der Waals surface area contributed by atoms with E-state index in [1.54, 1.807) is 11.0 Å². The number of nitrogen functional groups attached to an aromatic ring is 1. The molecule has 12 heteroatoms. The smallest absolute Gasteiger partial charge is 0.287 e. The van der Waals surface area contributed by atoms with Crippen LogP contribution in [0.1, 0.15) is 16.8 Å². The van der Waals surface area contributed by atoms with Gasteiger partial charge in [-0.05, 0) is 18.6 Å². The molecule has 1 saturated heterocycles. The van der Waals surface area contributed by atoms with Crippen LogP contribution in [0.2, 0.25) is 5.02 Å². The largest absolute Gasteiger partial charge is 0.496 e. The molecule has 2 aromatic rings. The molecule has 1 aromatic heterocycles. The summed E-state index contributed by atoms with van der Waals surface area (Å²) in [6.45, 7) is 1.01. The van der Waals surface area contributed by atoms with Crippen molar-refractivity contribution in [3.8, 4) is 5.75 Å². The Labute approximate surface area is 184 Å². The molecule has 1 aliphatic rings. The molecule has 9 nitrogen and oxygen atoms in total. The molecule has 0 aliphatic carbocycles. The lowest BCUT2D eigenvalue weighted by Gasteiger charge is -2.19. The van der Waals surface area contributed by atoms with Crippen LogP contribution in [0, 0.1) is 10.1 Å². The van der Waals surface area contributed by atoms with Gasteiger partial charge in [-0.25, -0.2) is 4.98 Å². The second-order valence-corrected chi connectivity index (χ2v) is 6.52. The van der Waals surface area contributed by atoms with Crippen molar-refractivity contribution in [1.82, 2.24) is 9.88 Å². The van der Waals surface area contributed by atoms with Crippen molar-refractivity contribution >= 4 is 59.5 Å². The van der Waals surface area contributed by atoms with Crippen LogP contribution < -0.4 is 15.8 Å². The zero-order valence-corrected chi connectivity index (χ0v) is 17.7. The summed E-state index contributed by atoms with van der Waals surface area (Å²) in [4.78, 5) is 28.7. The van der Waals surface area contributed by atoms with Crippen LogP contribution in [-0.4, -0.2) is 47.0 Å². The lowest BCUT2D eigenvalue weighted by Crippen LogP contribution is -2.32. The Morgan fingerprint density at radius 1 is 1.41 bits per heavy atom. The SMILES string of the molecule is COc1cc(N)c(Cl)cc1C(=O)N1CCC(Nc2ccc([N+](=O)[O-])cn2)C1.Cl.Cl. The topological polar surface area (TPSA) is 124 Å². The van der Waals surface area contributed by atoms with Crippen LogP contribution in [0.4, 0.5) is 17.2 Å². The molecule has 1 amide bonds. The normalized spacial score (nSPS) is 15.1. The highest BCUT2D eigenvalue weighted by molar-refractivity contribution is 6.33. The van der Waals surface area contributed by atoms with E-state index in [1.165, 1.54) is 31.5 Å². The maximum absolute atomic E-state index is 12.8. The van der Waals surface area contributed by atoms with Crippen LogP contribution in [0.3, 0.4) is 0 Å². The summed E-state index contributed by atoms with van der Waals surface area (Å²) in [6, 6.07) is 5.96. The van der Waals surface area contributed by atoms with Crippen LogP contribution in [0.5, 0.6) is 5.75 Å². The molecule has 158 valence electrons. The number of hydrogen-bond acceptors (Lipinski definition) is 7. The van der Waals surface area contributed by atoms with Gasteiger partial charge in [0.15, 0.2) is 0 Å². The number of amides is 1. The van der Waals surface area contributed by atoms with E-state index in [-0.39, 0.29) is 42.5 Å². The van der Waals surface area contributed by atoms with E-state index in [1.807, 2.05) is 0 Å². The van der Waals surface area contributed by atoms with Crippen molar-refractivity contribution in [2.75, 3.05) is 31.2 Å². The molecule has 2 heterocycles. The number of aromatic nitrogens is 1. The predicted octanol–water partition coefficient (Wildman–Crippen LogP) is 3.40. The minimum Gasteiger partial charge on any atom is -0.496 e. The first-order chi connectivity index (χ1) is 12.9. The molecule has 0 spiro atoms. The molecule has 1 aromatic carbocycles. The minimum atomic E-state index is -0.502. The summed E-state index contributed by atoms with van der Waals surface area (Å²) in [6.07, 6.45) is 1.91. The third-order valence-corrected chi connectivity index (χ3v) is 4.66. The fourth-order valence-corrected chi connectivity index (χ4v) is 3.09. The van der Waals surface area contributed by atoms with E-state index >= 15 is 0 Å². The summed E-state index contributed by atoms with van der Waals surface area (Å²) >= 11 is 6.04. The number of methoxy groups -OCH3 is 1. The Morgan fingerprint density at radius 2 is 2.14 bits per heavy atom. The van der Waals surface area contributed by atoms with Gasteiger partial charge in [0.2, 0.25) is 0 Å². The molecule has 1 atom stereocenters. The lowest BCUT2D eigenvalue weighted by atomic mass is 10.1. The number of anilines is 2. The number of carbonyl (C=O) groups excluding carboxylic acids is 1. The van der Waals surface area contributed by atoms with Gasteiger partial charge in [-0.1, -0.05) is 11.6 Å². The van der Waals surface area contributed by atoms with Crippen LogP contribution in [0.15, 0.2) is 30.5 Å². The van der Waals surface area contributed by atoms with Gasteiger partial charge < -0.3 is 20.7 Å². The molecule has 3 rings (SSSR count). The first kappa shape index (κ1) is 24.5. The third kappa shape index (κ3) is 5.53. The number of nitrogens with one attached hydrogen (secondary N) is 1. The lowest BCUT2D eigenvalue weighted by molar-refractivity contribution is -0.385. The zero-order valence-electron chi connectivity index (χ0n) is 15.3. The molecular formula is C17H20Cl3N5O4. The van der Waals surface area contributed by atoms with E-state index in [0.717, 1.165) is 6.42 Å². The van der Waals surface area contributed by atoms with E-state index in [0.29, 0.717) is 40.9 Å². The predicted molar refractivity (Wildman–Crippen MR) is 116 cm³/mol. The van der Waals surface area contributed by atoms with Crippen molar-refractivity contribution in [3.63, 3.8) is 0 Å². The monoisotopic (exact) mass is 463 g/mol. The van der Waals surface area contributed by atoms with Crippen molar-refractivity contribution in [2.24, 2.45) is 0 Å². The number of hydrogen-bond donors (Lipinski definition) is 2. The van der Waals surface area contributed by atoms with Crippen molar-refractivity contribution in [3.05, 3.63) is 51.2 Å². The fraction of sp³-hybridized carbons (Fsp3) is 0.294. The van der Waals surface area contributed by atoms with E-state index in [4.69, 9.17) is 22.1 Å². The summed E-state index contributed by atoms with van der Waals surface area (Å²) in [5, 5.41) is 14.2. The van der Waals surface area contributed by atoms with E-state index < -0.39 is 4.92 Å². The maximum Gasteiger partial charge on any atom is 0.287 e. The quantitative estimate of drug-likeness (QED) is 0.395.